The molecule has 1 aliphatic rings. The van der Waals surface area contributed by atoms with Gasteiger partial charge in [0.25, 0.3) is 0 Å². The number of rotatable bonds is 5. The second kappa shape index (κ2) is 8.99. The molecule has 0 bridgehead atoms. The number of methoxy groups -OCH3 is 1. The van der Waals surface area contributed by atoms with Crippen LogP contribution in [0.5, 0.6) is 5.75 Å². The summed E-state index contributed by atoms with van der Waals surface area (Å²) in [7, 11) is 1.70. The minimum Gasteiger partial charge on any atom is -0.497 e. The van der Waals surface area contributed by atoms with Crippen molar-refractivity contribution in [1.29, 1.82) is 0 Å². The molecule has 0 spiro atoms. The van der Waals surface area contributed by atoms with E-state index >= 15 is 0 Å². The van der Waals surface area contributed by atoms with Crippen LogP contribution in [0.25, 0.3) is 17.8 Å². The quantitative estimate of drug-likeness (QED) is 0.335. The van der Waals surface area contributed by atoms with Gasteiger partial charge in [0, 0.05) is 11.4 Å². The number of hydrogen-bond donors (Lipinski definition) is 0. The molecule has 2 nitrogen and oxygen atoms in total. The van der Waals surface area contributed by atoms with Crippen LogP contribution in [0.3, 0.4) is 0 Å². The Morgan fingerprint density at radius 2 is 1.38 bits per heavy atom. The normalized spacial score (nSPS) is 15.3. The van der Waals surface area contributed by atoms with Gasteiger partial charge >= 0.3 is 0 Å². The van der Waals surface area contributed by atoms with Gasteiger partial charge in [0.05, 0.1) is 13.2 Å². The van der Waals surface area contributed by atoms with Gasteiger partial charge in [-0.1, -0.05) is 97.1 Å². The van der Waals surface area contributed by atoms with E-state index in [1.165, 1.54) is 28.0 Å². The minimum absolute atomic E-state index is 0.0556. The monoisotopic (exact) mass is 415 g/mol. The van der Waals surface area contributed by atoms with E-state index in [4.69, 9.17) is 4.74 Å². The first-order chi connectivity index (χ1) is 15.8. The number of nitrogens with zero attached hydrogens (tertiary/aromatic N) is 1. The van der Waals surface area contributed by atoms with E-state index in [1.54, 1.807) is 7.11 Å². The Morgan fingerprint density at radius 3 is 2.09 bits per heavy atom. The summed E-state index contributed by atoms with van der Waals surface area (Å²) in [4.78, 5) is 2.41. The lowest BCUT2D eigenvalue weighted by Crippen LogP contribution is -2.29. The number of ether oxygens (including phenoxy) is 1. The van der Waals surface area contributed by atoms with Crippen LogP contribution in [0.4, 0.5) is 5.69 Å². The first kappa shape index (κ1) is 19.9. The van der Waals surface area contributed by atoms with Crippen molar-refractivity contribution in [3.63, 3.8) is 0 Å². The van der Waals surface area contributed by atoms with Gasteiger partial charge in [-0.3, -0.25) is 0 Å². The minimum atomic E-state index is 0.0556. The smallest absolute Gasteiger partial charge is 0.119 e. The topological polar surface area (TPSA) is 12.5 Å². The molecule has 0 saturated heterocycles. The van der Waals surface area contributed by atoms with Gasteiger partial charge in [0.2, 0.25) is 0 Å². The molecule has 5 rings (SSSR count). The molecule has 0 N–H and O–H groups in total. The van der Waals surface area contributed by atoms with Gasteiger partial charge < -0.3 is 9.64 Å². The highest BCUT2D eigenvalue weighted by molar-refractivity contribution is 5.94. The lowest BCUT2D eigenvalue weighted by atomic mass is 9.90. The lowest BCUT2D eigenvalue weighted by molar-refractivity contribution is 0.415. The average Bonchev–Trinajstić information content (AvgIpc) is 2.88. The van der Waals surface area contributed by atoms with Gasteiger partial charge in [-0.2, -0.15) is 0 Å². The predicted octanol–water partition coefficient (Wildman–Crippen LogP) is 7.47. The summed E-state index contributed by atoms with van der Waals surface area (Å²) in [5, 5.41) is 0. The van der Waals surface area contributed by atoms with E-state index in [2.05, 4.69) is 114 Å². The SMILES string of the molecule is COc1ccc(N2C(c3ccccc3)=Cc3ccccc3C2/C=C/c2ccccc2)cc1. The first-order valence-corrected chi connectivity index (χ1v) is 10.9. The van der Waals surface area contributed by atoms with Crippen molar-refractivity contribution in [1.82, 2.24) is 0 Å². The van der Waals surface area contributed by atoms with E-state index in [-0.39, 0.29) is 6.04 Å². The zero-order valence-electron chi connectivity index (χ0n) is 18.1. The molecule has 1 atom stereocenters. The summed E-state index contributed by atoms with van der Waals surface area (Å²) in [6.45, 7) is 0. The molecule has 1 unspecified atom stereocenters. The van der Waals surface area contributed by atoms with E-state index in [9.17, 15) is 0 Å². The summed E-state index contributed by atoms with van der Waals surface area (Å²) < 4.78 is 5.41. The largest absolute Gasteiger partial charge is 0.497 e. The fourth-order valence-corrected chi connectivity index (χ4v) is 4.25. The van der Waals surface area contributed by atoms with Crippen molar-refractivity contribution in [2.24, 2.45) is 0 Å². The van der Waals surface area contributed by atoms with E-state index in [0.29, 0.717) is 0 Å². The Hall–Kier alpha value is -4.04. The summed E-state index contributed by atoms with van der Waals surface area (Å²) >= 11 is 0. The Kier molecular flexibility index (Phi) is 5.59. The van der Waals surface area contributed by atoms with Crippen LogP contribution in [0.15, 0.2) is 115 Å². The third-order valence-electron chi connectivity index (χ3n) is 5.84. The van der Waals surface area contributed by atoms with Crippen molar-refractivity contribution in [2.75, 3.05) is 12.0 Å². The summed E-state index contributed by atoms with van der Waals surface area (Å²) in [5.74, 6) is 0.854. The zero-order chi connectivity index (χ0) is 21.8. The molecule has 0 aliphatic carbocycles. The molecule has 0 saturated carbocycles. The molecular formula is C30H25NO. The maximum Gasteiger partial charge on any atom is 0.119 e. The Balaban J connectivity index is 1.68. The Labute approximate surface area is 189 Å². The molecule has 1 heterocycles. The number of fused-ring (bicyclic) bond motifs is 1. The highest BCUT2D eigenvalue weighted by Crippen LogP contribution is 2.43. The summed E-state index contributed by atoms with van der Waals surface area (Å²) in [6.07, 6.45) is 6.81. The number of hydrogen-bond acceptors (Lipinski definition) is 2. The lowest BCUT2D eigenvalue weighted by Gasteiger charge is -2.38. The van der Waals surface area contributed by atoms with E-state index in [1.807, 2.05) is 18.2 Å². The number of benzene rings is 4. The standard InChI is InChI=1S/C30H25NO/c1-32-27-19-17-26(18-20-27)31-29(21-16-23-10-4-2-5-11-23)28-15-9-8-14-25(28)22-30(31)24-12-6-3-7-13-24/h2-22,29H,1H3/b21-16+. The molecular weight excluding hydrogens is 390 g/mol. The molecule has 2 heteroatoms. The number of anilines is 1. The van der Waals surface area contributed by atoms with Crippen molar-refractivity contribution in [3.8, 4) is 5.75 Å². The summed E-state index contributed by atoms with van der Waals surface area (Å²) in [6, 6.07) is 38.1. The molecule has 4 aromatic rings. The molecule has 32 heavy (non-hydrogen) atoms. The van der Waals surface area contributed by atoms with Crippen LogP contribution >= 0.6 is 0 Å². The van der Waals surface area contributed by atoms with Crippen LogP contribution in [-0.2, 0) is 0 Å². The third-order valence-corrected chi connectivity index (χ3v) is 5.84. The molecule has 0 amide bonds. The Bertz CT molecular complexity index is 1240. The summed E-state index contributed by atoms with van der Waals surface area (Å²) in [5.41, 5.74) is 7.22. The molecule has 0 aromatic heterocycles. The van der Waals surface area contributed by atoms with Gasteiger partial charge in [0.15, 0.2) is 0 Å². The van der Waals surface area contributed by atoms with Crippen molar-refractivity contribution >= 4 is 23.5 Å². The third kappa shape index (κ3) is 3.95. The van der Waals surface area contributed by atoms with Crippen molar-refractivity contribution in [3.05, 3.63) is 138 Å². The van der Waals surface area contributed by atoms with Crippen LogP contribution < -0.4 is 9.64 Å². The van der Waals surface area contributed by atoms with Crippen molar-refractivity contribution in [2.45, 2.75) is 6.04 Å². The molecule has 156 valence electrons. The van der Waals surface area contributed by atoms with E-state index in [0.717, 1.165) is 11.4 Å². The zero-order valence-corrected chi connectivity index (χ0v) is 18.1. The highest BCUT2D eigenvalue weighted by atomic mass is 16.5. The van der Waals surface area contributed by atoms with Crippen LogP contribution in [-0.4, -0.2) is 7.11 Å². The van der Waals surface area contributed by atoms with Crippen LogP contribution in [0.1, 0.15) is 28.3 Å². The van der Waals surface area contributed by atoms with Crippen LogP contribution in [0.2, 0.25) is 0 Å². The molecule has 0 radical (unpaired) electrons. The molecule has 4 aromatic carbocycles. The second-order valence-electron chi connectivity index (χ2n) is 7.81. The fourth-order valence-electron chi connectivity index (χ4n) is 4.25. The van der Waals surface area contributed by atoms with Gasteiger partial charge in [-0.15, -0.1) is 0 Å². The molecule has 0 fully saturated rings. The van der Waals surface area contributed by atoms with Crippen LogP contribution in [0, 0.1) is 0 Å². The van der Waals surface area contributed by atoms with Crippen molar-refractivity contribution < 1.29 is 4.74 Å². The maximum atomic E-state index is 5.41. The van der Waals surface area contributed by atoms with E-state index < -0.39 is 0 Å². The van der Waals surface area contributed by atoms with Gasteiger partial charge in [-0.25, -0.2) is 0 Å². The fraction of sp³-hybridized carbons (Fsp3) is 0.0667. The second-order valence-corrected chi connectivity index (χ2v) is 7.81. The Morgan fingerprint density at radius 1 is 0.719 bits per heavy atom. The highest BCUT2D eigenvalue weighted by Gasteiger charge is 2.28. The first-order valence-electron chi connectivity index (χ1n) is 10.9. The maximum absolute atomic E-state index is 5.41. The van der Waals surface area contributed by atoms with Gasteiger partial charge in [0.1, 0.15) is 5.75 Å². The molecule has 1 aliphatic heterocycles. The van der Waals surface area contributed by atoms with Gasteiger partial charge in [-0.05, 0) is 52.6 Å². The predicted molar refractivity (Wildman–Crippen MR) is 134 cm³/mol. The average molecular weight is 416 g/mol.